The van der Waals surface area contributed by atoms with Crippen LogP contribution < -0.4 is 10.4 Å². The number of ether oxygens (including phenoxy) is 4. The van der Waals surface area contributed by atoms with Crippen molar-refractivity contribution in [2.24, 2.45) is 0 Å². The highest BCUT2D eigenvalue weighted by Gasteiger charge is 2.62. The Balaban J connectivity index is 1.37. The Hall–Kier alpha value is -2.12. The molecule has 5 rings (SSSR count). The van der Waals surface area contributed by atoms with Gasteiger partial charge in [-0.1, -0.05) is 87.5 Å². The summed E-state index contributed by atoms with van der Waals surface area (Å²) in [7, 11) is -3.25. The average molecular weight is 695 g/mol. The van der Waals surface area contributed by atoms with Gasteiger partial charge in [0.15, 0.2) is 8.32 Å². The third kappa shape index (κ3) is 7.62. The maximum absolute atomic E-state index is 11.9. The van der Waals surface area contributed by atoms with E-state index in [2.05, 4.69) is 122 Å². The van der Waals surface area contributed by atoms with Gasteiger partial charge in [0.25, 0.3) is 8.32 Å². The summed E-state index contributed by atoms with van der Waals surface area (Å²) in [5.41, 5.74) is -1.55. The molecular weight excluding hydrogens is 637 g/mol. The molecule has 9 heteroatoms. The van der Waals surface area contributed by atoms with E-state index in [1.54, 1.807) is 0 Å². The fraction of sp³-hybridized carbons (Fsp3) is 0.615. The number of fused-ring (bicyclic) bond motifs is 2. The Labute approximate surface area is 290 Å². The van der Waals surface area contributed by atoms with Gasteiger partial charge in [-0.15, -0.1) is 0 Å². The van der Waals surface area contributed by atoms with Crippen LogP contribution in [-0.2, 0) is 32.6 Å². The fourth-order valence-corrected chi connectivity index (χ4v) is 14.8. The number of carbonyl (C=O) groups excluding carboxylic acids is 1. The maximum atomic E-state index is 11.9. The molecule has 3 aliphatic rings. The lowest BCUT2D eigenvalue weighted by molar-refractivity contribution is -0.345. The first-order chi connectivity index (χ1) is 22.4. The number of carbonyl (C=O) groups is 1. The first-order valence-electron chi connectivity index (χ1n) is 17.6. The van der Waals surface area contributed by atoms with Crippen LogP contribution in [0.3, 0.4) is 0 Å². The van der Waals surface area contributed by atoms with Crippen molar-refractivity contribution in [2.45, 2.75) is 140 Å². The number of esters is 1. The van der Waals surface area contributed by atoms with Crippen molar-refractivity contribution in [1.82, 2.24) is 0 Å². The molecule has 7 atom stereocenters. The lowest BCUT2D eigenvalue weighted by Gasteiger charge is -2.61. The summed E-state index contributed by atoms with van der Waals surface area (Å²) in [6, 6.07) is 21.6. The average Bonchev–Trinajstić information content (AvgIpc) is 3.00. The molecule has 7 nitrogen and oxygen atoms in total. The monoisotopic (exact) mass is 694 g/mol. The van der Waals surface area contributed by atoms with E-state index in [9.17, 15) is 4.79 Å². The van der Waals surface area contributed by atoms with E-state index < -0.39 is 33.4 Å². The normalized spacial score (nSPS) is 32.8. The molecule has 0 aromatic heterocycles. The summed E-state index contributed by atoms with van der Waals surface area (Å²) in [6.07, 6.45) is 6.41. The molecule has 0 radical (unpaired) electrons. The van der Waals surface area contributed by atoms with Crippen LogP contribution >= 0.6 is 0 Å². The van der Waals surface area contributed by atoms with Crippen molar-refractivity contribution in [1.29, 1.82) is 0 Å². The van der Waals surface area contributed by atoms with Gasteiger partial charge in [0.1, 0.15) is 0 Å². The summed E-state index contributed by atoms with van der Waals surface area (Å²) < 4.78 is 40.0. The van der Waals surface area contributed by atoms with E-state index in [1.807, 2.05) is 6.08 Å². The van der Waals surface area contributed by atoms with E-state index >= 15 is 0 Å². The number of benzene rings is 2. The topological polar surface area (TPSA) is 72.5 Å². The van der Waals surface area contributed by atoms with Crippen molar-refractivity contribution < 1.29 is 32.6 Å². The molecule has 0 spiro atoms. The quantitative estimate of drug-likeness (QED) is 0.152. The summed E-state index contributed by atoms with van der Waals surface area (Å²) in [5.74, 6) is -0.373. The second-order valence-corrected chi connectivity index (χ2v) is 25.4. The Bertz CT molecular complexity index is 1380. The summed E-state index contributed by atoms with van der Waals surface area (Å²) in [5, 5.41) is 2.44. The second kappa shape index (κ2) is 13.9. The molecular formula is C39H58O7Si2. The summed E-state index contributed by atoms with van der Waals surface area (Å²) in [4.78, 5) is 11.9. The lowest BCUT2D eigenvalue weighted by Crippen LogP contribution is -2.71. The van der Waals surface area contributed by atoms with Gasteiger partial charge in [0.2, 0.25) is 0 Å². The third-order valence-electron chi connectivity index (χ3n) is 10.5. The molecule has 2 aromatic rings. The Kier molecular flexibility index (Phi) is 10.7. The predicted molar refractivity (Wildman–Crippen MR) is 196 cm³/mol. The Morgan fingerprint density at radius 1 is 0.917 bits per heavy atom. The fourth-order valence-electron chi connectivity index (χ4n) is 8.58. The number of hydrogen-bond acceptors (Lipinski definition) is 7. The largest absolute Gasteiger partial charge is 0.466 e. The van der Waals surface area contributed by atoms with Crippen LogP contribution in [0.15, 0.2) is 72.8 Å². The molecule has 0 amide bonds. The molecule has 0 saturated carbocycles. The highest BCUT2D eigenvalue weighted by atomic mass is 28.4. The van der Waals surface area contributed by atoms with Crippen molar-refractivity contribution in [2.75, 3.05) is 13.7 Å². The Morgan fingerprint density at radius 3 is 2.04 bits per heavy atom. The van der Waals surface area contributed by atoms with Crippen molar-refractivity contribution in [3.05, 3.63) is 72.8 Å². The highest BCUT2D eigenvalue weighted by molar-refractivity contribution is 6.99. The van der Waals surface area contributed by atoms with Crippen LogP contribution in [0.25, 0.3) is 0 Å². The van der Waals surface area contributed by atoms with Crippen LogP contribution in [0.4, 0.5) is 0 Å². The van der Waals surface area contributed by atoms with E-state index in [0.29, 0.717) is 19.4 Å². The zero-order valence-corrected chi connectivity index (χ0v) is 32.8. The minimum Gasteiger partial charge on any atom is -0.466 e. The summed E-state index contributed by atoms with van der Waals surface area (Å²) >= 11 is 0. The molecule has 2 aromatic carbocycles. The van der Waals surface area contributed by atoms with Crippen molar-refractivity contribution in [3.63, 3.8) is 0 Å². The van der Waals surface area contributed by atoms with Crippen molar-refractivity contribution >= 4 is 33.0 Å². The van der Waals surface area contributed by atoms with Crippen LogP contribution in [0.2, 0.25) is 24.7 Å². The SMILES string of the molecule is COC(=O)/C=C/C[C@@H]1O[C@@H]2C[C@@H]3O[C@H](CO[Si](c4ccccc4)(c4ccccc4)C(C)(C)C)CC[C@@]3(C)O[C@@]2(C)C[C@@]1(C)O[Si](C)(C)C. The van der Waals surface area contributed by atoms with E-state index in [1.165, 1.54) is 23.6 Å². The maximum Gasteiger partial charge on any atom is 0.330 e. The van der Waals surface area contributed by atoms with Gasteiger partial charge in [0, 0.05) is 18.9 Å². The lowest BCUT2D eigenvalue weighted by atomic mass is 9.71. The summed E-state index contributed by atoms with van der Waals surface area (Å²) in [6.45, 7) is 20.6. The number of hydrogen-bond donors (Lipinski definition) is 0. The van der Waals surface area contributed by atoms with Crippen LogP contribution in [0, 0.1) is 0 Å². The first kappa shape index (κ1) is 37.1. The van der Waals surface area contributed by atoms with E-state index in [0.717, 1.165) is 19.3 Å². The molecule has 264 valence electrons. The minimum atomic E-state index is -2.69. The smallest absolute Gasteiger partial charge is 0.330 e. The highest BCUT2D eigenvalue weighted by Crippen LogP contribution is 2.52. The van der Waals surface area contributed by atoms with Gasteiger partial charge >= 0.3 is 5.97 Å². The zero-order valence-electron chi connectivity index (χ0n) is 30.8. The molecule has 0 unspecified atom stereocenters. The zero-order chi connectivity index (χ0) is 35.0. The van der Waals surface area contributed by atoms with Gasteiger partial charge in [0.05, 0.1) is 54.9 Å². The van der Waals surface area contributed by atoms with Gasteiger partial charge in [-0.05, 0) is 75.1 Å². The molecule has 48 heavy (non-hydrogen) atoms. The van der Waals surface area contributed by atoms with Crippen molar-refractivity contribution in [3.8, 4) is 0 Å². The Morgan fingerprint density at radius 2 is 1.50 bits per heavy atom. The third-order valence-corrected chi connectivity index (χ3v) is 16.6. The second-order valence-electron chi connectivity index (χ2n) is 16.7. The molecule has 3 saturated heterocycles. The first-order valence-corrected chi connectivity index (χ1v) is 23.0. The molecule has 0 bridgehead atoms. The number of rotatable bonds is 10. The van der Waals surface area contributed by atoms with Gasteiger partial charge in [-0.25, -0.2) is 4.79 Å². The standard InChI is InChI=1S/C39H58O7Si2/c1-36(2,3)48(30-18-13-11-14-19-30,31-20-15-12-16-21-31)42-27-29-24-25-37(4)33(43-29)26-34-38(5,45-37)28-39(6,46-47(8,9)10)32(44-34)22-17-23-35(40)41-7/h11-21,23,29,32-34H,22,24-28H2,1-10H3/b23-17+/t29-,32-,33-,34+,37+,38-,39+/m0/s1. The number of methoxy groups -OCH3 is 1. The van der Waals surface area contributed by atoms with Crippen LogP contribution in [0.5, 0.6) is 0 Å². The predicted octanol–water partition coefficient (Wildman–Crippen LogP) is 6.94. The van der Waals surface area contributed by atoms with Gasteiger partial charge < -0.3 is 27.8 Å². The van der Waals surface area contributed by atoms with Gasteiger partial charge in [-0.2, -0.15) is 0 Å². The van der Waals surface area contributed by atoms with E-state index in [4.69, 9.17) is 27.8 Å². The molecule has 3 heterocycles. The van der Waals surface area contributed by atoms with Gasteiger partial charge in [-0.3, -0.25) is 0 Å². The molecule has 0 aliphatic carbocycles. The molecule has 3 aliphatic heterocycles. The molecule has 3 fully saturated rings. The minimum absolute atomic E-state index is 0.0550. The van der Waals surface area contributed by atoms with Crippen LogP contribution in [-0.4, -0.2) is 77.5 Å². The molecule has 0 N–H and O–H groups in total. The van der Waals surface area contributed by atoms with E-state index in [-0.39, 0.29) is 35.4 Å². The van der Waals surface area contributed by atoms with Crippen LogP contribution in [0.1, 0.15) is 73.6 Å².